The Labute approximate surface area is 108 Å². The fourth-order valence-electron chi connectivity index (χ4n) is 1.97. The number of rotatable bonds is 6. The van der Waals surface area contributed by atoms with Crippen molar-refractivity contribution < 1.29 is 4.74 Å². The standard InChI is InChI=1S/C14H19N3O/c1-11-3-4-13(12(17-11)9-16-2)18-10-14(5-6-14)7-8-15/h3-4,16H,5-7,9-10H2,1-2H3. The van der Waals surface area contributed by atoms with Gasteiger partial charge in [-0.2, -0.15) is 5.26 Å². The van der Waals surface area contributed by atoms with E-state index in [4.69, 9.17) is 10.00 Å². The van der Waals surface area contributed by atoms with Gasteiger partial charge in [-0.25, -0.2) is 0 Å². The van der Waals surface area contributed by atoms with Gasteiger partial charge in [0.15, 0.2) is 0 Å². The highest BCUT2D eigenvalue weighted by molar-refractivity contribution is 5.29. The van der Waals surface area contributed by atoms with E-state index >= 15 is 0 Å². The van der Waals surface area contributed by atoms with Crippen LogP contribution in [-0.4, -0.2) is 18.6 Å². The maximum atomic E-state index is 8.79. The molecule has 0 bridgehead atoms. The van der Waals surface area contributed by atoms with Crippen LogP contribution >= 0.6 is 0 Å². The summed E-state index contributed by atoms with van der Waals surface area (Å²) >= 11 is 0. The molecular weight excluding hydrogens is 226 g/mol. The minimum Gasteiger partial charge on any atom is -0.491 e. The molecule has 1 N–H and O–H groups in total. The average molecular weight is 245 g/mol. The summed E-state index contributed by atoms with van der Waals surface area (Å²) in [4.78, 5) is 4.48. The lowest BCUT2D eigenvalue weighted by Gasteiger charge is -2.15. The molecular formula is C14H19N3O. The Morgan fingerprint density at radius 3 is 2.89 bits per heavy atom. The SMILES string of the molecule is CNCc1nc(C)ccc1OCC1(CC#N)CC1. The van der Waals surface area contributed by atoms with Gasteiger partial charge in [-0.15, -0.1) is 0 Å². The van der Waals surface area contributed by atoms with E-state index < -0.39 is 0 Å². The third-order valence-corrected chi connectivity index (χ3v) is 3.36. The van der Waals surface area contributed by atoms with Gasteiger partial charge in [0.1, 0.15) is 5.75 Å². The molecule has 4 heteroatoms. The Bertz CT molecular complexity index is 461. The van der Waals surface area contributed by atoms with Gasteiger partial charge >= 0.3 is 0 Å². The number of aromatic nitrogens is 1. The van der Waals surface area contributed by atoms with Crippen molar-refractivity contribution in [2.45, 2.75) is 32.7 Å². The van der Waals surface area contributed by atoms with E-state index in [1.165, 1.54) is 0 Å². The van der Waals surface area contributed by atoms with Crippen molar-refractivity contribution in [3.05, 3.63) is 23.5 Å². The smallest absolute Gasteiger partial charge is 0.142 e. The number of nitriles is 1. The third-order valence-electron chi connectivity index (χ3n) is 3.36. The number of nitrogens with one attached hydrogen (secondary N) is 1. The van der Waals surface area contributed by atoms with Crippen LogP contribution in [0.15, 0.2) is 12.1 Å². The summed E-state index contributed by atoms with van der Waals surface area (Å²) in [6.45, 7) is 3.30. The topological polar surface area (TPSA) is 57.9 Å². The maximum absolute atomic E-state index is 8.79. The van der Waals surface area contributed by atoms with Gasteiger partial charge in [0.25, 0.3) is 0 Å². The van der Waals surface area contributed by atoms with E-state index in [1.807, 2.05) is 26.1 Å². The van der Waals surface area contributed by atoms with E-state index in [1.54, 1.807) is 0 Å². The number of aryl methyl sites for hydroxylation is 1. The highest BCUT2D eigenvalue weighted by Gasteiger charge is 2.43. The second-order valence-corrected chi connectivity index (χ2v) is 5.05. The van der Waals surface area contributed by atoms with Crippen molar-refractivity contribution in [2.24, 2.45) is 5.41 Å². The molecule has 96 valence electrons. The van der Waals surface area contributed by atoms with Crippen LogP contribution in [0.4, 0.5) is 0 Å². The fraction of sp³-hybridized carbons (Fsp3) is 0.571. The summed E-state index contributed by atoms with van der Waals surface area (Å²) in [5.74, 6) is 0.833. The Balaban J connectivity index is 2.03. The van der Waals surface area contributed by atoms with Crippen LogP contribution in [-0.2, 0) is 6.54 Å². The monoisotopic (exact) mass is 245 g/mol. The van der Waals surface area contributed by atoms with Gasteiger partial charge in [-0.05, 0) is 38.9 Å². The Morgan fingerprint density at radius 2 is 2.28 bits per heavy atom. The molecule has 18 heavy (non-hydrogen) atoms. The molecule has 4 nitrogen and oxygen atoms in total. The lowest BCUT2D eigenvalue weighted by molar-refractivity contribution is 0.233. The number of hydrogen-bond donors (Lipinski definition) is 1. The van der Waals surface area contributed by atoms with E-state index in [-0.39, 0.29) is 5.41 Å². The van der Waals surface area contributed by atoms with Crippen molar-refractivity contribution in [3.63, 3.8) is 0 Å². The molecule has 1 saturated carbocycles. The molecule has 2 rings (SSSR count). The first kappa shape index (κ1) is 12.8. The normalized spacial score (nSPS) is 16.1. The number of pyridine rings is 1. The highest BCUT2D eigenvalue weighted by atomic mass is 16.5. The molecule has 1 heterocycles. The predicted octanol–water partition coefficient (Wildman–Crippen LogP) is 2.18. The summed E-state index contributed by atoms with van der Waals surface area (Å²) in [5.41, 5.74) is 2.03. The largest absolute Gasteiger partial charge is 0.491 e. The zero-order valence-corrected chi connectivity index (χ0v) is 11.0. The van der Waals surface area contributed by atoms with Crippen LogP contribution in [0, 0.1) is 23.7 Å². The molecule has 0 atom stereocenters. The molecule has 0 amide bonds. The Kier molecular flexibility index (Phi) is 3.83. The van der Waals surface area contributed by atoms with E-state index in [9.17, 15) is 0 Å². The van der Waals surface area contributed by atoms with Crippen molar-refractivity contribution in [1.29, 1.82) is 5.26 Å². The Morgan fingerprint density at radius 1 is 1.50 bits per heavy atom. The van der Waals surface area contributed by atoms with E-state index in [2.05, 4.69) is 16.4 Å². The lowest BCUT2D eigenvalue weighted by atomic mass is 10.1. The van der Waals surface area contributed by atoms with Gasteiger partial charge in [0.05, 0.1) is 18.4 Å². The summed E-state index contributed by atoms with van der Waals surface area (Å²) in [6.07, 6.45) is 2.79. The van der Waals surface area contributed by atoms with E-state index in [0.717, 1.165) is 30.0 Å². The fourth-order valence-corrected chi connectivity index (χ4v) is 1.97. The lowest BCUT2D eigenvalue weighted by Crippen LogP contribution is -2.15. The second kappa shape index (κ2) is 5.36. The van der Waals surface area contributed by atoms with Crippen LogP contribution in [0.25, 0.3) is 0 Å². The maximum Gasteiger partial charge on any atom is 0.142 e. The minimum atomic E-state index is 0.108. The summed E-state index contributed by atoms with van der Waals surface area (Å²) in [5, 5.41) is 11.9. The van der Waals surface area contributed by atoms with Gasteiger partial charge in [-0.1, -0.05) is 0 Å². The van der Waals surface area contributed by atoms with Crippen molar-refractivity contribution in [2.75, 3.05) is 13.7 Å². The quantitative estimate of drug-likeness (QED) is 0.834. The van der Waals surface area contributed by atoms with Gasteiger partial charge in [0.2, 0.25) is 0 Å². The molecule has 1 fully saturated rings. The summed E-state index contributed by atoms with van der Waals surface area (Å²) in [7, 11) is 1.89. The second-order valence-electron chi connectivity index (χ2n) is 5.05. The molecule has 0 saturated heterocycles. The molecule has 0 unspecified atom stereocenters. The summed E-state index contributed by atoms with van der Waals surface area (Å²) in [6, 6.07) is 6.17. The average Bonchev–Trinajstić information content (AvgIpc) is 3.09. The summed E-state index contributed by atoms with van der Waals surface area (Å²) < 4.78 is 5.87. The molecule has 1 aromatic heterocycles. The molecule has 0 spiro atoms. The molecule has 1 aromatic rings. The van der Waals surface area contributed by atoms with Crippen LogP contribution in [0.5, 0.6) is 5.75 Å². The van der Waals surface area contributed by atoms with Crippen LogP contribution < -0.4 is 10.1 Å². The molecule has 0 aromatic carbocycles. The van der Waals surface area contributed by atoms with Crippen molar-refractivity contribution >= 4 is 0 Å². The zero-order chi connectivity index (χ0) is 13.0. The molecule has 0 radical (unpaired) electrons. The van der Waals surface area contributed by atoms with Gasteiger partial charge in [-0.3, -0.25) is 4.98 Å². The third kappa shape index (κ3) is 2.99. The van der Waals surface area contributed by atoms with Crippen LogP contribution in [0.1, 0.15) is 30.7 Å². The minimum absolute atomic E-state index is 0.108. The van der Waals surface area contributed by atoms with Crippen LogP contribution in [0.3, 0.4) is 0 Å². The number of ether oxygens (including phenoxy) is 1. The van der Waals surface area contributed by atoms with E-state index in [0.29, 0.717) is 19.6 Å². The van der Waals surface area contributed by atoms with Crippen molar-refractivity contribution in [1.82, 2.24) is 10.3 Å². The number of nitrogens with zero attached hydrogens (tertiary/aromatic N) is 2. The first-order chi connectivity index (χ1) is 8.69. The predicted molar refractivity (Wildman–Crippen MR) is 69.1 cm³/mol. The molecule has 1 aliphatic carbocycles. The van der Waals surface area contributed by atoms with Gasteiger partial charge in [0, 0.05) is 24.1 Å². The molecule has 0 aliphatic heterocycles. The molecule has 1 aliphatic rings. The Hall–Kier alpha value is -1.60. The van der Waals surface area contributed by atoms with Crippen LogP contribution in [0.2, 0.25) is 0 Å². The van der Waals surface area contributed by atoms with Crippen molar-refractivity contribution in [3.8, 4) is 11.8 Å². The van der Waals surface area contributed by atoms with Gasteiger partial charge < -0.3 is 10.1 Å². The number of hydrogen-bond acceptors (Lipinski definition) is 4. The first-order valence-corrected chi connectivity index (χ1v) is 6.30. The zero-order valence-electron chi connectivity index (χ0n) is 11.0. The first-order valence-electron chi connectivity index (χ1n) is 6.30. The highest BCUT2D eigenvalue weighted by Crippen LogP contribution is 2.48.